The van der Waals surface area contributed by atoms with Crippen LogP contribution in [0.1, 0.15) is 34.9 Å². The Kier molecular flexibility index (Phi) is 4.13. The average molecular weight is 344 g/mol. The molecule has 1 saturated heterocycles. The Labute approximate surface area is 144 Å². The zero-order valence-electron chi connectivity index (χ0n) is 13.5. The van der Waals surface area contributed by atoms with E-state index in [1.807, 2.05) is 0 Å². The van der Waals surface area contributed by atoms with Crippen molar-refractivity contribution >= 4 is 11.6 Å². The minimum absolute atomic E-state index is 0.117. The van der Waals surface area contributed by atoms with Crippen LogP contribution in [0.2, 0.25) is 0 Å². The summed E-state index contributed by atoms with van der Waals surface area (Å²) in [5.41, 5.74) is 0.917. The number of nitrogens with zero attached hydrogens (tertiary/aromatic N) is 1. The van der Waals surface area contributed by atoms with E-state index in [9.17, 15) is 13.6 Å². The molecule has 1 amide bonds. The minimum Gasteiger partial charge on any atom is -0.376 e. The van der Waals surface area contributed by atoms with Crippen LogP contribution in [0, 0.1) is 11.6 Å². The van der Waals surface area contributed by atoms with E-state index in [4.69, 9.17) is 4.74 Å². The van der Waals surface area contributed by atoms with Crippen molar-refractivity contribution in [2.45, 2.75) is 25.1 Å². The van der Waals surface area contributed by atoms with Gasteiger partial charge in [-0.1, -0.05) is 18.2 Å². The number of hydrogen-bond donors (Lipinski definition) is 1. The highest BCUT2D eigenvalue weighted by Crippen LogP contribution is 2.35. The van der Waals surface area contributed by atoms with Crippen molar-refractivity contribution in [1.82, 2.24) is 4.90 Å². The fourth-order valence-electron chi connectivity index (χ4n) is 3.49. The normalized spacial score (nSPS) is 22.6. The van der Waals surface area contributed by atoms with Gasteiger partial charge >= 0.3 is 0 Å². The molecule has 0 unspecified atom stereocenters. The second-order valence-corrected chi connectivity index (χ2v) is 6.32. The molecule has 25 heavy (non-hydrogen) atoms. The molecule has 6 heteroatoms. The molecule has 2 heterocycles. The number of hydrogen-bond acceptors (Lipinski definition) is 3. The number of amides is 1. The highest BCUT2D eigenvalue weighted by atomic mass is 19.1. The largest absolute Gasteiger partial charge is 0.376 e. The van der Waals surface area contributed by atoms with Crippen molar-refractivity contribution in [3.05, 3.63) is 65.2 Å². The van der Waals surface area contributed by atoms with Crippen molar-refractivity contribution in [2.75, 3.05) is 18.5 Å². The van der Waals surface area contributed by atoms with Crippen LogP contribution in [0.3, 0.4) is 0 Å². The molecule has 4 rings (SSSR count). The highest BCUT2D eigenvalue weighted by molar-refractivity contribution is 6.01. The van der Waals surface area contributed by atoms with Gasteiger partial charge in [0.1, 0.15) is 17.8 Å². The van der Waals surface area contributed by atoms with E-state index in [2.05, 4.69) is 5.32 Å². The first-order valence-electron chi connectivity index (χ1n) is 8.37. The monoisotopic (exact) mass is 344 g/mol. The maximum absolute atomic E-state index is 14.4. The number of rotatable bonds is 3. The summed E-state index contributed by atoms with van der Waals surface area (Å²) in [5, 5.41) is 3.12. The maximum atomic E-state index is 14.4. The van der Waals surface area contributed by atoms with Gasteiger partial charge in [-0.05, 0) is 37.1 Å². The Morgan fingerprint density at radius 1 is 1.12 bits per heavy atom. The molecule has 2 atom stereocenters. The summed E-state index contributed by atoms with van der Waals surface area (Å²) in [6, 6.07) is 10.7. The Morgan fingerprint density at radius 3 is 2.60 bits per heavy atom. The average Bonchev–Trinajstić information content (AvgIpc) is 3.11. The molecule has 130 valence electrons. The van der Waals surface area contributed by atoms with Gasteiger partial charge in [0.25, 0.3) is 5.91 Å². The lowest BCUT2D eigenvalue weighted by Crippen LogP contribution is -2.47. The summed E-state index contributed by atoms with van der Waals surface area (Å²) in [7, 11) is 0. The molecule has 1 fully saturated rings. The van der Waals surface area contributed by atoms with Gasteiger partial charge < -0.3 is 15.0 Å². The predicted octanol–water partition coefficient (Wildman–Crippen LogP) is 3.71. The molecule has 0 radical (unpaired) electrons. The van der Waals surface area contributed by atoms with E-state index in [1.54, 1.807) is 24.3 Å². The van der Waals surface area contributed by atoms with Crippen LogP contribution in [0.25, 0.3) is 0 Å². The Morgan fingerprint density at radius 2 is 1.88 bits per heavy atom. The van der Waals surface area contributed by atoms with Gasteiger partial charge in [-0.15, -0.1) is 0 Å². The number of para-hydroxylation sites is 1. The summed E-state index contributed by atoms with van der Waals surface area (Å²) in [4.78, 5) is 14.5. The third-order valence-corrected chi connectivity index (χ3v) is 4.72. The molecular weight excluding hydrogens is 326 g/mol. The fraction of sp³-hybridized carbons (Fsp3) is 0.316. The van der Waals surface area contributed by atoms with E-state index in [0.29, 0.717) is 24.4 Å². The molecule has 2 aliphatic heterocycles. The molecule has 2 aliphatic rings. The van der Waals surface area contributed by atoms with Gasteiger partial charge in [-0.25, -0.2) is 8.78 Å². The zero-order valence-corrected chi connectivity index (χ0v) is 13.5. The summed E-state index contributed by atoms with van der Waals surface area (Å²) in [6.45, 7) is 0.939. The van der Waals surface area contributed by atoms with Crippen molar-refractivity contribution in [3.63, 3.8) is 0 Å². The minimum atomic E-state index is -0.909. The lowest BCUT2D eigenvalue weighted by Gasteiger charge is -2.39. The van der Waals surface area contributed by atoms with Gasteiger partial charge in [-0.3, -0.25) is 4.79 Å². The summed E-state index contributed by atoms with van der Waals surface area (Å²) < 4.78 is 34.4. The van der Waals surface area contributed by atoms with Gasteiger partial charge in [0.05, 0.1) is 17.2 Å². The molecular formula is C19H18F2N2O2. The van der Waals surface area contributed by atoms with Crippen molar-refractivity contribution in [3.8, 4) is 0 Å². The van der Waals surface area contributed by atoms with Crippen LogP contribution in [0.5, 0.6) is 0 Å². The quantitative estimate of drug-likeness (QED) is 0.923. The van der Waals surface area contributed by atoms with E-state index in [0.717, 1.165) is 12.8 Å². The molecule has 1 N–H and O–H groups in total. The fourth-order valence-corrected chi connectivity index (χ4v) is 3.49. The van der Waals surface area contributed by atoms with Crippen LogP contribution >= 0.6 is 0 Å². The topological polar surface area (TPSA) is 41.6 Å². The van der Waals surface area contributed by atoms with Gasteiger partial charge in [-0.2, -0.15) is 0 Å². The molecule has 2 aromatic rings. The first kappa shape index (κ1) is 16.0. The number of fused-ring (bicyclic) bond motifs is 1. The van der Waals surface area contributed by atoms with E-state index >= 15 is 0 Å². The third-order valence-electron chi connectivity index (χ3n) is 4.72. The van der Waals surface area contributed by atoms with Crippen molar-refractivity contribution in [2.24, 2.45) is 0 Å². The molecule has 4 nitrogen and oxygen atoms in total. The second kappa shape index (κ2) is 6.44. The Bertz CT molecular complexity index is 786. The SMILES string of the molecule is O=C1c2ccccc2N[C@@H](c2c(F)cccc2F)N1C[C@H]1CCCO1. The molecule has 2 aromatic carbocycles. The summed E-state index contributed by atoms with van der Waals surface area (Å²) in [5.74, 6) is -1.61. The number of carbonyl (C=O) groups excluding carboxylic acids is 1. The van der Waals surface area contributed by atoms with Crippen molar-refractivity contribution in [1.29, 1.82) is 0 Å². The van der Waals surface area contributed by atoms with Crippen LogP contribution in [0.4, 0.5) is 14.5 Å². The number of anilines is 1. The van der Waals surface area contributed by atoms with Crippen LogP contribution in [-0.4, -0.2) is 30.1 Å². The maximum Gasteiger partial charge on any atom is 0.257 e. The van der Waals surface area contributed by atoms with E-state index < -0.39 is 17.8 Å². The molecule has 0 aliphatic carbocycles. The van der Waals surface area contributed by atoms with Crippen LogP contribution in [-0.2, 0) is 4.74 Å². The lowest BCUT2D eigenvalue weighted by atomic mass is 10.0. The Balaban J connectivity index is 1.77. The van der Waals surface area contributed by atoms with Crippen LogP contribution in [0.15, 0.2) is 42.5 Å². The highest BCUT2D eigenvalue weighted by Gasteiger charge is 2.37. The molecule has 0 saturated carbocycles. The summed E-state index contributed by atoms with van der Waals surface area (Å²) >= 11 is 0. The number of benzene rings is 2. The zero-order chi connectivity index (χ0) is 17.4. The van der Waals surface area contributed by atoms with Gasteiger partial charge in [0.2, 0.25) is 0 Å². The lowest BCUT2D eigenvalue weighted by molar-refractivity contribution is 0.0419. The van der Waals surface area contributed by atoms with Crippen LogP contribution < -0.4 is 5.32 Å². The van der Waals surface area contributed by atoms with Gasteiger partial charge in [0.15, 0.2) is 0 Å². The third kappa shape index (κ3) is 2.87. The number of halogens is 2. The Hall–Kier alpha value is -2.47. The smallest absolute Gasteiger partial charge is 0.257 e. The predicted molar refractivity (Wildman–Crippen MR) is 89.2 cm³/mol. The van der Waals surface area contributed by atoms with E-state index in [1.165, 1.54) is 23.1 Å². The first-order valence-corrected chi connectivity index (χ1v) is 8.37. The number of nitrogens with one attached hydrogen (secondary N) is 1. The molecule has 0 spiro atoms. The second-order valence-electron chi connectivity index (χ2n) is 6.32. The van der Waals surface area contributed by atoms with Gasteiger partial charge in [0, 0.05) is 18.8 Å². The number of carbonyl (C=O) groups is 1. The number of ether oxygens (including phenoxy) is 1. The standard InChI is InChI=1S/C19H18F2N2O2/c20-14-7-3-8-15(21)17(14)18-22-16-9-2-1-6-13(16)19(24)23(18)11-12-5-4-10-25-12/h1-3,6-9,12,18,22H,4-5,10-11H2/t12-,18-/m1/s1. The molecule has 0 aromatic heterocycles. The van der Waals surface area contributed by atoms with Crippen molar-refractivity contribution < 1.29 is 18.3 Å². The van der Waals surface area contributed by atoms with E-state index in [-0.39, 0.29) is 17.6 Å². The first-order chi connectivity index (χ1) is 12.1. The summed E-state index contributed by atoms with van der Waals surface area (Å²) in [6.07, 6.45) is 0.731. The molecule has 0 bridgehead atoms.